The van der Waals surface area contributed by atoms with Crippen molar-refractivity contribution >= 4 is 5.70 Å². The van der Waals surface area contributed by atoms with Gasteiger partial charge in [0.25, 0.3) is 0 Å². The van der Waals surface area contributed by atoms with Crippen molar-refractivity contribution in [3.05, 3.63) is 90.1 Å². The first-order chi connectivity index (χ1) is 17.7. The van der Waals surface area contributed by atoms with Crippen molar-refractivity contribution in [2.24, 2.45) is 5.92 Å². The van der Waals surface area contributed by atoms with E-state index in [9.17, 15) is 8.78 Å². The maximum atomic E-state index is 13.2. The second-order valence-electron chi connectivity index (χ2n) is 10.3. The van der Waals surface area contributed by atoms with Gasteiger partial charge in [-0.15, -0.1) is 0 Å². The van der Waals surface area contributed by atoms with E-state index >= 15 is 0 Å². The monoisotopic (exact) mass is 510 g/mol. The van der Waals surface area contributed by atoms with Crippen LogP contribution >= 0.6 is 0 Å². The quantitative estimate of drug-likeness (QED) is 0.273. The van der Waals surface area contributed by atoms with E-state index in [1.54, 1.807) is 12.1 Å². The van der Waals surface area contributed by atoms with Gasteiger partial charge in [0.2, 0.25) is 5.92 Å². The van der Waals surface area contributed by atoms with Gasteiger partial charge in [0.15, 0.2) is 0 Å². The van der Waals surface area contributed by atoms with Crippen LogP contribution in [0.15, 0.2) is 73.5 Å². The molecule has 0 aromatic heterocycles. The summed E-state index contributed by atoms with van der Waals surface area (Å²) in [7, 11) is 0. The fourth-order valence-electron chi connectivity index (χ4n) is 5.16. The molecule has 0 bridgehead atoms. The topological polar surface area (TPSA) is 15.3 Å². The molecule has 0 saturated carbocycles. The number of nitrogens with one attached hydrogen (secondary N) is 1. The van der Waals surface area contributed by atoms with Crippen molar-refractivity contribution in [3.63, 3.8) is 0 Å². The van der Waals surface area contributed by atoms with E-state index in [1.807, 2.05) is 26.0 Å². The zero-order chi connectivity index (χ0) is 27.3. The second kappa shape index (κ2) is 15.6. The van der Waals surface area contributed by atoms with Crippen LogP contribution in [-0.2, 0) is 6.42 Å². The summed E-state index contributed by atoms with van der Waals surface area (Å²) < 4.78 is 26.4. The normalized spacial score (nSPS) is 16.1. The van der Waals surface area contributed by atoms with Gasteiger partial charge in [0.1, 0.15) is 0 Å². The van der Waals surface area contributed by atoms with Crippen LogP contribution in [0.1, 0.15) is 88.8 Å². The van der Waals surface area contributed by atoms with Crippen LogP contribution in [-0.4, -0.2) is 30.5 Å². The van der Waals surface area contributed by atoms with Gasteiger partial charge >= 0.3 is 0 Å². The largest absolute Gasteiger partial charge is 0.379 e. The summed E-state index contributed by atoms with van der Waals surface area (Å²) in [6.45, 7) is 18.4. The van der Waals surface area contributed by atoms with Gasteiger partial charge in [-0.1, -0.05) is 101 Å². The molecule has 1 fully saturated rings. The zero-order valence-corrected chi connectivity index (χ0v) is 23.5. The minimum absolute atomic E-state index is 0.244. The summed E-state index contributed by atoms with van der Waals surface area (Å²) in [6, 6.07) is 18.2. The molecule has 1 N–H and O–H groups in total. The molecule has 204 valence electrons. The molecule has 1 saturated heterocycles. The van der Waals surface area contributed by atoms with Gasteiger partial charge in [-0.05, 0) is 61.1 Å². The van der Waals surface area contributed by atoms with Crippen LogP contribution in [0.2, 0.25) is 0 Å². The molecular formula is C33H48F2N2. The molecular weight excluding hydrogens is 462 g/mol. The van der Waals surface area contributed by atoms with Gasteiger partial charge < -0.3 is 10.2 Å². The predicted octanol–water partition coefficient (Wildman–Crippen LogP) is 9.06. The van der Waals surface area contributed by atoms with Crippen LogP contribution < -0.4 is 5.32 Å². The summed E-state index contributed by atoms with van der Waals surface area (Å²) >= 11 is 0. The van der Waals surface area contributed by atoms with Crippen LogP contribution in [0.3, 0.4) is 0 Å². The van der Waals surface area contributed by atoms with Crippen LogP contribution in [0.25, 0.3) is 5.70 Å². The second-order valence-corrected chi connectivity index (χ2v) is 10.3. The van der Waals surface area contributed by atoms with Gasteiger partial charge in [-0.2, -0.15) is 0 Å². The van der Waals surface area contributed by atoms with Gasteiger partial charge in [0.05, 0.1) is 6.54 Å². The third kappa shape index (κ3) is 10.7. The number of hydrogen-bond acceptors (Lipinski definition) is 2. The third-order valence-corrected chi connectivity index (χ3v) is 7.13. The summed E-state index contributed by atoms with van der Waals surface area (Å²) in [6.07, 6.45) is 7.30. The average molecular weight is 511 g/mol. The van der Waals surface area contributed by atoms with E-state index in [1.165, 1.54) is 44.1 Å². The molecule has 0 amide bonds. The van der Waals surface area contributed by atoms with E-state index < -0.39 is 5.92 Å². The summed E-state index contributed by atoms with van der Waals surface area (Å²) in [5, 5.41) is 3.36. The average Bonchev–Trinajstić information content (AvgIpc) is 3.37. The first-order valence-electron chi connectivity index (χ1n) is 14.1. The van der Waals surface area contributed by atoms with E-state index in [4.69, 9.17) is 0 Å². The molecule has 1 heterocycles. The Kier molecular flexibility index (Phi) is 12.9. The molecule has 2 atom stereocenters. The fourth-order valence-corrected chi connectivity index (χ4v) is 5.16. The number of likely N-dealkylation sites (tertiary alicyclic amines) is 1. The molecule has 2 aromatic carbocycles. The molecule has 3 rings (SSSR count). The first-order valence-corrected chi connectivity index (χ1v) is 14.1. The lowest BCUT2D eigenvalue weighted by Gasteiger charge is -2.23. The predicted molar refractivity (Wildman–Crippen MR) is 156 cm³/mol. The molecule has 1 aliphatic rings. The van der Waals surface area contributed by atoms with Gasteiger partial charge in [-0.25, -0.2) is 8.78 Å². The molecule has 2 aromatic rings. The lowest BCUT2D eigenvalue weighted by molar-refractivity contribution is 0.0226. The lowest BCUT2D eigenvalue weighted by atomic mass is 9.88. The van der Waals surface area contributed by atoms with Crippen molar-refractivity contribution in [2.75, 3.05) is 19.6 Å². The summed E-state index contributed by atoms with van der Waals surface area (Å²) in [5.41, 5.74) is 4.91. The Hall–Kier alpha value is -2.62. The highest BCUT2D eigenvalue weighted by Gasteiger charge is 2.24. The lowest BCUT2D eigenvalue weighted by Crippen LogP contribution is -2.27. The minimum Gasteiger partial charge on any atom is -0.379 e. The summed E-state index contributed by atoms with van der Waals surface area (Å²) in [4.78, 5) is 2.40. The number of hydrogen-bond donors (Lipinski definition) is 1. The highest BCUT2D eigenvalue weighted by molar-refractivity contribution is 5.62. The standard InChI is InChI=1S/C31H42F2N2.C2H6/c1-5-10-29(30-12-7-6-8-13-30)14-9-11-27-19-20-35(23-27)24(2)22-34-25(3)28-17-15-26(16-18-28)21-31(4,32)33;1-2/h6-8,12-13,15-18,27,29,34H,2-3,5,9-11,14,19-23H2,1,4H3;1-2H3. The Morgan fingerprint density at radius 2 is 1.73 bits per heavy atom. The smallest absolute Gasteiger partial charge is 0.249 e. The van der Waals surface area contributed by atoms with Crippen molar-refractivity contribution in [3.8, 4) is 0 Å². The molecule has 2 nitrogen and oxygen atoms in total. The van der Waals surface area contributed by atoms with Crippen molar-refractivity contribution in [1.29, 1.82) is 0 Å². The Labute approximate surface area is 224 Å². The third-order valence-electron chi connectivity index (χ3n) is 7.13. The van der Waals surface area contributed by atoms with Gasteiger partial charge in [0, 0.05) is 30.9 Å². The van der Waals surface area contributed by atoms with E-state index in [-0.39, 0.29) is 6.42 Å². The van der Waals surface area contributed by atoms with E-state index in [0.29, 0.717) is 18.0 Å². The first kappa shape index (κ1) is 30.6. The zero-order valence-electron chi connectivity index (χ0n) is 23.5. The molecule has 2 unspecified atom stereocenters. The Morgan fingerprint density at radius 1 is 1.05 bits per heavy atom. The van der Waals surface area contributed by atoms with Crippen molar-refractivity contribution in [1.82, 2.24) is 10.2 Å². The van der Waals surface area contributed by atoms with Crippen LogP contribution in [0.4, 0.5) is 8.78 Å². The molecule has 0 radical (unpaired) electrons. The van der Waals surface area contributed by atoms with Crippen LogP contribution in [0, 0.1) is 5.92 Å². The van der Waals surface area contributed by atoms with Gasteiger partial charge in [-0.3, -0.25) is 0 Å². The number of nitrogens with zero attached hydrogens (tertiary/aromatic N) is 1. The fraction of sp³-hybridized carbons (Fsp3) is 0.515. The molecule has 1 aliphatic heterocycles. The number of rotatable bonds is 14. The maximum Gasteiger partial charge on any atom is 0.249 e. The highest BCUT2D eigenvalue weighted by Crippen LogP contribution is 2.30. The summed E-state index contributed by atoms with van der Waals surface area (Å²) in [5.74, 6) is -1.28. The van der Waals surface area contributed by atoms with E-state index in [2.05, 4.69) is 60.6 Å². The Bertz CT molecular complexity index is 931. The molecule has 4 heteroatoms. The number of alkyl halides is 2. The SMILES string of the molecule is C=C(NCC(=C)N1CCC(CCCC(CCC)c2ccccc2)C1)c1ccc(CC(C)(F)F)cc1.CC. The van der Waals surface area contributed by atoms with Crippen LogP contribution in [0.5, 0.6) is 0 Å². The van der Waals surface area contributed by atoms with Crippen molar-refractivity contribution in [2.45, 2.75) is 84.5 Å². The minimum atomic E-state index is -2.69. The highest BCUT2D eigenvalue weighted by atomic mass is 19.3. The number of benzene rings is 2. The van der Waals surface area contributed by atoms with Crippen molar-refractivity contribution < 1.29 is 8.78 Å². The molecule has 0 spiro atoms. The molecule has 37 heavy (non-hydrogen) atoms. The number of halogens is 2. The Balaban J connectivity index is 0.00000235. The van der Waals surface area contributed by atoms with E-state index in [0.717, 1.165) is 42.9 Å². The molecule has 0 aliphatic carbocycles. The Morgan fingerprint density at radius 3 is 2.35 bits per heavy atom. The maximum absolute atomic E-state index is 13.2.